The van der Waals surface area contributed by atoms with Crippen molar-refractivity contribution in [3.05, 3.63) is 47.2 Å². The summed E-state index contributed by atoms with van der Waals surface area (Å²) in [7, 11) is 3.38. The van der Waals surface area contributed by atoms with Crippen molar-refractivity contribution in [3.8, 4) is 0 Å². The van der Waals surface area contributed by atoms with E-state index in [-0.39, 0.29) is 11.9 Å². The van der Waals surface area contributed by atoms with Gasteiger partial charge in [-0.15, -0.1) is 0 Å². The Bertz CT molecular complexity index is 809. The van der Waals surface area contributed by atoms with E-state index in [0.717, 1.165) is 30.7 Å². The normalized spacial score (nSPS) is 17.2. The number of likely N-dealkylation sites (tertiary alicyclic amines) is 1. The predicted octanol–water partition coefficient (Wildman–Crippen LogP) is 3.30. The summed E-state index contributed by atoms with van der Waals surface area (Å²) in [5.74, 6) is -0.529. The number of nitrogens with zero attached hydrogens (tertiary/aromatic N) is 3. The molecule has 3 rings (SSSR count). The van der Waals surface area contributed by atoms with Crippen molar-refractivity contribution in [2.45, 2.75) is 25.2 Å². The maximum absolute atomic E-state index is 14.1. The number of piperidine rings is 1. The first-order valence-corrected chi connectivity index (χ1v) is 9.00. The quantitative estimate of drug-likeness (QED) is 0.869. The number of halogens is 2. The van der Waals surface area contributed by atoms with E-state index < -0.39 is 11.6 Å². The van der Waals surface area contributed by atoms with Crippen LogP contribution in [0.2, 0.25) is 0 Å². The number of hydrogen-bond donors (Lipinski definition) is 1. The monoisotopic (exact) mass is 378 g/mol. The minimum atomic E-state index is -0.466. The zero-order valence-corrected chi connectivity index (χ0v) is 15.5. The van der Waals surface area contributed by atoms with Crippen LogP contribution in [0.5, 0.6) is 0 Å². The van der Waals surface area contributed by atoms with Crippen molar-refractivity contribution in [3.63, 3.8) is 0 Å². The molecule has 2 heterocycles. The van der Waals surface area contributed by atoms with Gasteiger partial charge in [-0.1, -0.05) is 0 Å². The molecule has 2 aromatic rings. The lowest BCUT2D eigenvalue weighted by molar-refractivity contribution is 0.192. The third-order valence-corrected chi connectivity index (χ3v) is 4.83. The molecule has 0 radical (unpaired) electrons. The standard InChI is InChI=1S/C19H24F2N4O2/c1-24-18(11-15(23-24)7-9-27-2)22-19(26)25-8-3-4-13(12-25)16-10-14(20)5-6-17(16)21/h5-6,10-11,13H,3-4,7-9,12H2,1-2H3,(H,22,26)/t13-/m0/s1. The summed E-state index contributed by atoms with van der Waals surface area (Å²) in [5, 5.41) is 7.20. The molecule has 146 valence electrons. The number of ether oxygens (including phenoxy) is 1. The fourth-order valence-electron chi connectivity index (χ4n) is 3.40. The molecule has 1 saturated heterocycles. The first-order chi connectivity index (χ1) is 13.0. The summed E-state index contributed by atoms with van der Waals surface area (Å²) in [4.78, 5) is 14.3. The summed E-state index contributed by atoms with van der Waals surface area (Å²) in [6.07, 6.45) is 2.11. The lowest BCUT2D eigenvalue weighted by atomic mass is 9.90. The van der Waals surface area contributed by atoms with Gasteiger partial charge in [-0.05, 0) is 36.6 Å². The van der Waals surface area contributed by atoms with Gasteiger partial charge in [0.15, 0.2) is 0 Å². The van der Waals surface area contributed by atoms with Gasteiger partial charge in [-0.2, -0.15) is 5.10 Å². The van der Waals surface area contributed by atoms with Crippen LogP contribution in [0.25, 0.3) is 0 Å². The fraction of sp³-hybridized carbons (Fsp3) is 0.474. The van der Waals surface area contributed by atoms with Gasteiger partial charge in [-0.25, -0.2) is 13.6 Å². The number of aryl methyl sites for hydroxylation is 1. The highest BCUT2D eigenvalue weighted by Gasteiger charge is 2.27. The number of carbonyl (C=O) groups excluding carboxylic acids is 1. The van der Waals surface area contributed by atoms with E-state index >= 15 is 0 Å². The van der Waals surface area contributed by atoms with Crippen LogP contribution in [0.15, 0.2) is 24.3 Å². The predicted molar refractivity (Wildman–Crippen MR) is 97.7 cm³/mol. The minimum Gasteiger partial charge on any atom is -0.384 e. The number of anilines is 1. The topological polar surface area (TPSA) is 59.4 Å². The van der Waals surface area contributed by atoms with Crippen LogP contribution in [0.1, 0.15) is 30.0 Å². The van der Waals surface area contributed by atoms with Gasteiger partial charge in [0, 0.05) is 45.7 Å². The van der Waals surface area contributed by atoms with Gasteiger partial charge < -0.3 is 9.64 Å². The molecule has 1 aromatic heterocycles. The van der Waals surface area contributed by atoms with E-state index in [1.165, 1.54) is 6.07 Å². The van der Waals surface area contributed by atoms with Crippen LogP contribution in [-0.4, -0.2) is 47.5 Å². The average Bonchev–Trinajstić information content (AvgIpc) is 3.01. The molecule has 8 heteroatoms. The SMILES string of the molecule is COCCc1cc(NC(=O)N2CCC[C@H](c3cc(F)ccc3F)C2)n(C)n1. The second-order valence-electron chi connectivity index (χ2n) is 6.77. The molecule has 0 unspecified atom stereocenters. The summed E-state index contributed by atoms with van der Waals surface area (Å²) in [6, 6.07) is 5.02. The molecule has 0 saturated carbocycles. The molecule has 0 bridgehead atoms. The van der Waals surface area contributed by atoms with Crippen LogP contribution in [0.4, 0.5) is 19.4 Å². The summed E-state index contributed by atoms with van der Waals surface area (Å²) >= 11 is 0. The lowest BCUT2D eigenvalue weighted by Crippen LogP contribution is -2.42. The third kappa shape index (κ3) is 4.63. The van der Waals surface area contributed by atoms with Gasteiger partial charge >= 0.3 is 6.03 Å². The second kappa shape index (κ2) is 8.47. The summed E-state index contributed by atoms with van der Waals surface area (Å²) in [6.45, 7) is 1.48. The van der Waals surface area contributed by atoms with Crippen molar-refractivity contribution in [2.75, 3.05) is 32.1 Å². The number of urea groups is 1. The van der Waals surface area contributed by atoms with Crippen LogP contribution >= 0.6 is 0 Å². The lowest BCUT2D eigenvalue weighted by Gasteiger charge is -2.33. The zero-order valence-electron chi connectivity index (χ0n) is 15.5. The number of rotatable bonds is 5. The van der Waals surface area contributed by atoms with Gasteiger partial charge in [0.25, 0.3) is 0 Å². The Morgan fingerprint density at radius 3 is 2.96 bits per heavy atom. The van der Waals surface area contributed by atoms with Crippen LogP contribution in [0.3, 0.4) is 0 Å². The van der Waals surface area contributed by atoms with Crippen molar-refractivity contribution >= 4 is 11.8 Å². The first kappa shape index (κ1) is 19.3. The Kier molecular flexibility index (Phi) is 6.05. The number of amides is 2. The van der Waals surface area contributed by atoms with E-state index in [1.807, 2.05) is 6.07 Å². The van der Waals surface area contributed by atoms with E-state index in [1.54, 1.807) is 23.7 Å². The highest BCUT2D eigenvalue weighted by molar-refractivity contribution is 5.88. The Labute approximate surface area is 157 Å². The Balaban J connectivity index is 1.66. The molecule has 0 aliphatic carbocycles. The molecule has 1 N–H and O–H groups in total. The summed E-state index contributed by atoms with van der Waals surface area (Å²) < 4.78 is 34.2. The number of aromatic nitrogens is 2. The largest absolute Gasteiger partial charge is 0.384 e. The molecule has 2 amide bonds. The van der Waals surface area contributed by atoms with E-state index in [0.29, 0.717) is 37.5 Å². The average molecular weight is 378 g/mol. The molecule has 27 heavy (non-hydrogen) atoms. The van der Waals surface area contributed by atoms with Gasteiger partial charge in [0.1, 0.15) is 17.5 Å². The van der Waals surface area contributed by atoms with Crippen LogP contribution in [0, 0.1) is 11.6 Å². The molecule has 1 aliphatic heterocycles. The second-order valence-corrected chi connectivity index (χ2v) is 6.77. The van der Waals surface area contributed by atoms with Crippen molar-refractivity contribution < 1.29 is 18.3 Å². The molecular formula is C19H24F2N4O2. The van der Waals surface area contributed by atoms with E-state index in [9.17, 15) is 13.6 Å². The van der Waals surface area contributed by atoms with Gasteiger partial charge in [-0.3, -0.25) is 10.00 Å². The molecule has 1 aromatic carbocycles. The van der Waals surface area contributed by atoms with E-state index in [2.05, 4.69) is 10.4 Å². The third-order valence-electron chi connectivity index (χ3n) is 4.83. The van der Waals surface area contributed by atoms with Gasteiger partial charge in [0.2, 0.25) is 0 Å². The molecular weight excluding hydrogens is 354 g/mol. The Hall–Kier alpha value is -2.48. The first-order valence-electron chi connectivity index (χ1n) is 9.00. The number of methoxy groups -OCH3 is 1. The molecule has 1 atom stereocenters. The molecule has 0 spiro atoms. The number of benzene rings is 1. The maximum atomic E-state index is 14.1. The molecule has 6 nitrogen and oxygen atoms in total. The Morgan fingerprint density at radius 1 is 1.37 bits per heavy atom. The van der Waals surface area contributed by atoms with Crippen molar-refractivity contribution in [1.82, 2.24) is 14.7 Å². The number of nitrogens with one attached hydrogen (secondary N) is 1. The zero-order chi connectivity index (χ0) is 19.4. The highest BCUT2D eigenvalue weighted by atomic mass is 19.1. The maximum Gasteiger partial charge on any atom is 0.323 e. The summed E-state index contributed by atoms with van der Waals surface area (Å²) in [5.41, 5.74) is 1.16. The smallest absolute Gasteiger partial charge is 0.323 e. The van der Waals surface area contributed by atoms with Crippen molar-refractivity contribution in [2.24, 2.45) is 7.05 Å². The van der Waals surface area contributed by atoms with Crippen LogP contribution in [-0.2, 0) is 18.2 Å². The Morgan fingerprint density at radius 2 is 2.19 bits per heavy atom. The fourth-order valence-corrected chi connectivity index (χ4v) is 3.40. The van der Waals surface area contributed by atoms with E-state index in [4.69, 9.17) is 4.74 Å². The van der Waals surface area contributed by atoms with Gasteiger partial charge in [0.05, 0.1) is 12.3 Å². The highest BCUT2D eigenvalue weighted by Crippen LogP contribution is 2.29. The number of hydrogen-bond acceptors (Lipinski definition) is 3. The molecule has 1 aliphatic rings. The van der Waals surface area contributed by atoms with Crippen LogP contribution < -0.4 is 5.32 Å². The minimum absolute atomic E-state index is 0.219. The number of carbonyl (C=O) groups is 1. The molecule has 1 fully saturated rings. The van der Waals surface area contributed by atoms with Crippen molar-refractivity contribution in [1.29, 1.82) is 0 Å².